The molecule has 2 aliphatic rings. The van der Waals surface area contributed by atoms with Crippen molar-refractivity contribution < 1.29 is 18.0 Å². The van der Waals surface area contributed by atoms with E-state index in [0.29, 0.717) is 11.4 Å². The third-order valence-electron chi connectivity index (χ3n) is 5.36. The molecular weight excluding hydrogens is 411 g/mol. The second-order valence-corrected chi connectivity index (χ2v) is 7.77. The van der Waals surface area contributed by atoms with E-state index in [1.54, 1.807) is 18.3 Å². The van der Waals surface area contributed by atoms with Gasteiger partial charge in [-0.1, -0.05) is 0 Å². The van der Waals surface area contributed by atoms with E-state index in [2.05, 4.69) is 25.7 Å². The number of hydrogen-bond donors (Lipinski definition) is 2. The molecular formula is C20H20F3N7O. The zero-order chi connectivity index (χ0) is 21.6. The van der Waals surface area contributed by atoms with Gasteiger partial charge in [0.25, 0.3) is 5.91 Å². The summed E-state index contributed by atoms with van der Waals surface area (Å²) in [7, 11) is 0. The maximum Gasteiger partial charge on any atom is 0.416 e. The largest absolute Gasteiger partial charge is 0.416 e. The molecule has 0 aromatic carbocycles. The molecule has 5 rings (SSSR count). The van der Waals surface area contributed by atoms with E-state index in [9.17, 15) is 18.0 Å². The fourth-order valence-electron chi connectivity index (χ4n) is 3.66. The third kappa shape index (κ3) is 3.99. The van der Waals surface area contributed by atoms with Crippen molar-refractivity contribution in [3.63, 3.8) is 0 Å². The highest BCUT2D eigenvalue weighted by molar-refractivity contribution is 6.06. The lowest BCUT2D eigenvalue weighted by molar-refractivity contribution is -0.137. The number of fused-ring (bicyclic) bond motifs is 1. The zero-order valence-electron chi connectivity index (χ0n) is 16.5. The van der Waals surface area contributed by atoms with Crippen molar-refractivity contribution in [1.29, 1.82) is 0 Å². The highest BCUT2D eigenvalue weighted by Crippen LogP contribution is 2.34. The maximum atomic E-state index is 13.3. The van der Waals surface area contributed by atoms with Crippen molar-refractivity contribution in [3.8, 4) is 0 Å². The summed E-state index contributed by atoms with van der Waals surface area (Å²) in [5.41, 5.74) is -0.452. The van der Waals surface area contributed by atoms with E-state index in [-0.39, 0.29) is 23.5 Å². The topological polar surface area (TPSA) is 87.5 Å². The number of anilines is 3. The van der Waals surface area contributed by atoms with Crippen LogP contribution in [0.2, 0.25) is 0 Å². The Kier molecular flexibility index (Phi) is 4.67. The van der Waals surface area contributed by atoms with Crippen LogP contribution in [0.3, 0.4) is 0 Å². The Labute approximate surface area is 175 Å². The average Bonchev–Trinajstić information content (AvgIpc) is 3.22. The first-order valence-electron chi connectivity index (χ1n) is 10.1. The summed E-state index contributed by atoms with van der Waals surface area (Å²) in [6, 6.07) is 5.37. The minimum Gasteiger partial charge on any atom is -0.367 e. The Balaban J connectivity index is 1.46. The Morgan fingerprint density at radius 1 is 1.16 bits per heavy atom. The van der Waals surface area contributed by atoms with E-state index in [1.807, 2.05) is 4.90 Å². The molecule has 3 aromatic heterocycles. The zero-order valence-corrected chi connectivity index (χ0v) is 16.5. The Morgan fingerprint density at radius 2 is 1.94 bits per heavy atom. The van der Waals surface area contributed by atoms with Gasteiger partial charge in [0, 0.05) is 25.3 Å². The SMILES string of the molecule is O=C(Nc1nc2cc(C(F)(F)F)cc(NC3CC3)n2n1)c1cccnc1N1CCCC1. The normalized spacial score (nSPS) is 16.7. The summed E-state index contributed by atoms with van der Waals surface area (Å²) >= 11 is 0. The second kappa shape index (κ2) is 7.40. The first-order valence-corrected chi connectivity index (χ1v) is 10.1. The summed E-state index contributed by atoms with van der Waals surface area (Å²) in [6.07, 6.45) is 0.944. The number of halogens is 3. The first-order chi connectivity index (χ1) is 14.9. The van der Waals surface area contributed by atoms with E-state index in [0.717, 1.165) is 50.9 Å². The van der Waals surface area contributed by atoms with Gasteiger partial charge in [-0.05, 0) is 49.9 Å². The predicted molar refractivity (Wildman–Crippen MR) is 108 cm³/mol. The van der Waals surface area contributed by atoms with Gasteiger partial charge in [0.15, 0.2) is 5.65 Å². The summed E-state index contributed by atoms with van der Waals surface area (Å²) in [5, 5.41) is 9.87. The highest BCUT2D eigenvalue weighted by Gasteiger charge is 2.33. The van der Waals surface area contributed by atoms with Crippen LogP contribution in [0.4, 0.5) is 30.8 Å². The molecule has 2 fully saturated rings. The summed E-state index contributed by atoms with van der Waals surface area (Å²) in [5.74, 6) is 0.245. The molecule has 162 valence electrons. The van der Waals surface area contributed by atoms with Crippen LogP contribution in [0, 0.1) is 0 Å². The molecule has 8 nitrogen and oxygen atoms in total. The number of carbonyl (C=O) groups excluding carboxylic acids is 1. The molecule has 0 spiro atoms. The fraction of sp³-hybridized carbons (Fsp3) is 0.400. The minimum absolute atomic E-state index is 0.000715. The number of pyridine rings is 2. The van der Waals surface area contributed by atoms with E-state index in [4.69, 9.17) is 0 Å². The van der Waals surface area contributed by atoms with Crippen molar-refractivity contribution in [2.24, 2.45) is 0 Å². The van der Waals surface area contributed by atoms with Crippen molar-refractivity contribution in [1.82, 2.24) is 19.6 Å². The lowest BCUT2D eigenvalue weighted by Gasteiger charge is -2.18. The van der Waals surface area contributed by atoms with Gasteiger partial charge in [-0.3, -0.25) is 10.1 Å². The van der Waals surface area contributed by atoms with Gasteiger partial charge < -0.3 is 10.2 Å². The van der Waals surface area contributed by atoms with Gasteiger partial charge in [-0.15, -0.1) is 5.10 Å². The molecule has 11 heteroatoms. The average molecular weight is 431 g/mol. The van der Waals surface area contributed by atoms with Gasteiger partial charge in [0.2, 0.25) is 5.95 Å². The summed E-state index contributed by atoms with van der Waals surface area (Å²) in [4.78, 5) is 23.4. The van der Waals surface area contributed by atoms with Gasteiger partial charge >= 0.3 is 6.18 Å². The standard InChI is InChI=1S/C20H20F3N7O/c21-20(22,23)12-10-15(25-13-5-6-13)30-16(11-12)26-19(28-30)27-18(31)14-4-3-7-24-17(14)29-8-1-2-9-29/h3-4,7,10-11,13,25H,1-2,5-6,8-9H2,(H,27,28,31). The van der Waals surface area contributed by atoms with Crippen molar-refractivity contribution in [2.75, 3.05) is 28.6 Å². The molecule has 2 N–H and O–H groups in total. The Morgan fingerprint density at radius 3 is 2.65 bits per heavy atom. The van der Waals surface area contributed by atoms with E-state index < -0.39 is 17.6 Å². The second-order valence-electron chi connectivity index (χ2n) is 7.77. The highest BCUT2D eigenvalue weighted by atomic mass is 19.4. The molecule has 1 aliphatic heterocycles. The Bertz CT molecular complexity index is 1130. The number of nitrogens with zero attached hydrogens (tertiary/aromatic N) is 5. The molecule has 4 heterocycles. The molecule has 1 saturated carbocycles. The molecule has 1 aliphatic carbocycles. The van der Waals surface area contributed by atoms with Gasteiger partial charge in [0.05, 0.1) is 11.1 Å². The van der Waals surface area contributed by atoms with Crippen LogP contribution >= 0.6 is 0 Å². The number of hydrogen-bond acceptors (Lipinski definition) is 6. The lowest BCUT2D eigenvalue weighted by Crippen LogP contribution is -2.24. The molecule has 0 unspecified atom stereocenters. The van der Waals surface area contributed by atoms with Crippen LogP contribution in [-0.2, 0) is 6.18 Å². The van der Waals surface area contributed by atoms with E-state index in [1.165, 1.54) is 4.52 Å². The maximum absolute atomic E-state index is 13.3. The third-order valence-corrected chi connectivity index (χ3v) is 5.36. The molecule has 1 saturated heterocycles. The van der Waals surface area contributed by atoms with Crippen molar-refractivity contribution in [3.05, 3.63) is 41.6 Å². The van der Waals surface area contributed by atoms with E-state index >= 15 is 0 Å². The molecule has 0 atom stereocenters. The minimum atomic E-state index is -4.52. The quantitative estimate of drug-likeness (QED) is 0.642. The number of amides is 1. The number of rotatable bonds is 5. The molecule has 31 heavy (non-hydrogen) atoms. The van der Waals surface area contributed by atoms with Crippen LogP contribution in [0.25, 0.3) is 5.65 Å². The van der Waals surface area contributed by atoms with Crippen LogP contribution < -0.4 is 15.5 Å². The molecule has 0 radical (unpaired) electrons. The van der Waals surface area contributed by atoms with Gasteiger partial charge in [-0.2, -0.15) is 22.7 Å². The number of carbonyl (C=O) groups is 1. The van der Waals surface area contributed by atoms with Crippen LogP contribution in [0.15, 0.2) is 30.5 Å². The number of nitrogens with one attached hydrogen (secondary N) is 2. The van der Waals surface area contributed by atoms with Crippen molar-refractivity contribution >= 4 is 29.1 Å². The summed E-state index contributed by atoms with van der Waals surface area (Å²) < 4.78 is 41.2. The van der Waals surface area contributed by atoms with Gasteiger partial charge in [-0.25, -0.2) is 4.98 Å². The van der Waals surface area contributed by atoms with Crippen LogP contribution in [0.1, 0.15) is 41.6 Å². The van der Waals surface area contributed by atoms with Crippen LogP contribution in [-0.4, -0.2) is 44.6 Å². The molecule has 3 aromatic rings. The van der Waals surface area contributed by atoms with Gasteiger partial charge in [0.1, 0.15) is 11.6 Å². The predicted octanol–water partition coefficient (Wildman–Crippen LogP) is 3.57. The monoisotopic (exact) mass is 431 g/mol. The van der Waals surface area contributed by atoms with Crippen molar-refractivity contribution in [2.45, 2.75) is 37.9 Å². The first kappa shape index (κ1) is 19.6. The Hall–Kier alpha value is -3.37. The fourth-order valence-corrected chi connectivity index (χ4v) is 3.66. The lowest BCUT2D eigenvalue weighted by atomic mass is 10.2. The van der Waals surface area contributed by atoms with Crippen LogP contribution in [0.5, 0.6) is 0 Å². The number of alkyl halides is 3. The smallest absolute Gasteiger partial charge is 0.367 e. The molecule has 0 bridgehead atoms. The summed E-state index contributed by atoms with van der Waals surface area (Å²) in [6.45, 7) is 1.64. The number of aromatic nitrogens is 4. The molecule has 1 amide bonds.